The van der Waals surface area contributed by atoms with Crippen LogP contribution in [0.3, 0.4) is 0 Å². The minimum atomic E-state index is -0.0951. The predicted molar refractivity (Wildman–Crippen MR) is 127 cm³/mol. The minimum Gasteiger partial charge on any atom is -0.466 e. The lowest BCUT2D eigenvalue weighted by Gasteiger charge is -2.21. The topological polar surface area (TPSA) is 83.0 Å². The van der Waals surface area contributed by atoms with Crippen LogP contribution in [0.25, 0.3) is 0 Å². The van der Waals surface area contributed by atoms with Crippen molar-refractivity contribution in [3.05, 3.63) is 0 Å². The summed E-state index contributed by atoms with van der Waals surface area (Å²) in [7, 11) is 1.78. The van der Waals surface area contributed by atoms with Crippen LogP contribution in [0.15, 0.2) is 4.99 Å². The van der Waals surface area contributed by atoms with Crippen molar-refractivity contribution in [3.8, 4) is 0 Å². The molecule has 1 saturated heterocycles. The van der Waals surface area contributed by atoms with Crippen molar-refractivity contribution >= 4 is 41.8 Å². The number of nitrogens with zero attached hydrogens (tertiary/aromatic N) is 2. The molecule has 2 fully saturated rings. The summed E-state index contributed by atoms with van der Waals surface area (Å²) in [5.74, 6) is 1.33. The monoisotopic (exact) mass is 522 g/mol. The highest BCUT2D eigenvalue weighted by Crippen LogP contribution is 2.27. The maximum atomic E-state index is 12.5. The van der Waals surface area contributed by atoms with Crippen molar-refractivity contribution in [3.63, 3.8) is 0 Å². The molecule has 1 heterocycles. The highest BCUT2D eigenvalue weighted by atomic mass is 127. The van der Waals surface area contributed by atoms with E-state index >= 15 is 0 Å². The fraction of sp³-hybridized carbons (Fsp3) is 0.857. The third-order valence-electron chi connectivity index (χ3n) is 5.67. The normalized spacial score (nSPS) is 19.7. The first-order chi connectivity index (χ1) is 13.6. The molecule has 1 saturated carbocycles. The second-order valence-electron chi connectivity index (χ2n) is 7.86. The number of unbranched alkanes of at least 4 members (excludes halogenated alkanes) is 3. The van der Waals surface area contributed by atoms with Gasteiger partial charge in [0.05, 0.1) is 6.61 Å². The highest BCUT2D eigenvalue weighted by Gasteiger charge is 2.32. The molecule has 0 radical (unpaired) electrons. The first kappa shape index (κ1) is 26.0. The van der Waals surface area contributed by atoms with Crippen LogP contribution in [0, 0.1) is 5.92 Å². The number of hydrogen-bond acceptors (Lipinski definition) is 4. The van der Waals surface area contributed by atoms with Gasteiger partial charge in [0.15, 0.2) is 5.96 Å². The Bertz CT molecular complexity index is 524. The molecule has 0 aromatic rings. The van der Waals surface area contributed by atoms with Gasteiger partial charge in [0.1, 0.15) is 0 Å². The number of esters is 1. The number of nitrogens with one attached hydrogen (secondary N) is 2. The summed E-state index contributed by atoms with van der Waals surface area (Å²) in [4.78, 5) is 30.2. The number of likely N-dealkylation sites (tertiary alicyclic amines) is 1. The van der Waals surface area contributed by atoms with Crippen molar-refractivity contribution in [2.45, 2.75) is 77.2 Å². The Morgan fingerprint density at radius 1 is 1.10 bits per heavy atom. The van der Waals surface area contributed by atoms with Crippen LogP contribution in [0.2, 0.25) is 0 Å². The van der Waals surface area contributed by atoms with E-state index in [4.69, 9.17) is 4.74 Å². The van der Waals surface area contributed by atoms with Crippen LogP contribution in [-0.4, -0.2) is 62.1 Å². The molecule has 168 valence electrons. The lowest BCUT2D eigenvalue weighted by Crippen LogP contribution is -2.45. The molecule has 0 bridgehead atoms. The number of rotatable bonds is 10. The third kappa shape index (κ3) is 9.53. The fourth-order valence-corrected chi connectivity index (χ4v) is 4.09. The van der Waals surface area contributed by atoms with E-state index in [2.05, 4.69) is 15.6 Å². The van der Waals surface area contributed by atoms with Gasteiger partial charge in [-0.3, -0.25) is 14.6 Å². The minimum absolute atomic E-state index is 0. The third-order valence-corrected chi connectivity index (χ3v) is 5.67. The molecule has 0 aromatic heterocycles. The summed E-state index contributed by atoms with van der Waals surface area (Å²) in [6.45, 7) is 4.79. The van der Waals surface area contributed by atoms with Gasteiger partial charge in [-0.1, -0.05) is 25.7 Å². The van der Waals surface area contributed by atoms with E-state index in [1.165, 1.54) is 12.8 Å². The van der Waals surface area contributed by atoms with E-state index < -0.39 is 0 Å². The van der Waals surface area contributed by atoms with Gasteiger partial charge in [0.25, 0.3) is 0 Å². The van der Waals surface area contributed by atoms with E-state index in [1.807, 2.05) is 11.8 Å². The summed E-state index contributed by atoms with van der Waals surface area (Å²) in [5, 5.41) is 6.82. The van der Waals surface area contributed by atoms with Crippen molar-refractivity contribution in [1.82, 2.24) is 15.5 Å². The standard InChI is InChI=1S/C21H38N4O3.HI/c1-3-28-19(26)12-6-4-5-9-14-23-21(22-2)24-18-13-15-25(16-18)20(27)17-10-7-8-11-17;/h17-18H,3-16H2,1-2H3,(H2,22,23,24);1H. The van der Waals surface area contributed by atoms with Gasteiger partial charge in [-0.05, 0) is 39.0 Å². The molecule has 8 heteroatoms. The van der Waals surface area contributed by atoms with E-state index in [0.717, 1.165) is 70.5 Å². The van der Waals surface area contributed by atoms with Crippen LogP contribution in [0.1, 0.15) is 71.1 Å². The SMILES string of the molecule is CCOC(=O)CCCCCCNC(=NC)NC1CCN(C(=O)C2CCCC2)C1.I. The first-order valence-electron chi connectivity index (χ1n) is 11.1. The molecule has 2 rings (SSSR count). The van der Waals surface area contributed by atoms with E-state index in [0.29, 0.717) is 18.9 Å². The number of ether oxygens (including phenoxy) is 1. The van der Waals surface area contributed by atoms with Crippen molar-refractivity contribution in [2.24, 2.45) is 10.9 Å². The zero-order chi connectivity index (χ0) is 20.2. The van der Waals surface area contributed by atoms with Crippen LogP contribution in [0.5, 0.6) is 0 Å². The van der Waals surface area contributed by atoms with Gasteiger partial charge in [-0.2, -0.15) is 0 Å². The van der Waals surface area contributed by atoms with Crippen molar-refractivity contribution in [2.75, 3.05) is 33.3 Å². The average Bonchev–Trinajstić information content (AvgIpc) is 3.38. The number of halogens is 1. The maximum absolute atomic E-state index is 12.5. The second-order valence-corrected chi connectivity index (χ2v) is 7.86. The molecular formula is C21H39IN4O3. The molecule has 0 spiro atoms. The largest absolute Gasteiger partial charge is 0.466 e. The zero-order valence-electron chi connectivity index (χ0n) is 18.1. The Morgan fingerprint density at radius 2 is 1.83 bits per heavy atom. The fourth-order valence-electron chi connectivity index (χ4n) is 4.09. The molecule has 1 amide bonds. The van der Waals surface area contributed by atoms with Crippen LogP contribution in [-0.2, 0) is 14.3 Å². The van der Waals surface area contributed by atoms with Crippen LogP contribution in [0.4, 0.5) is 0 Å². The lowest BCUT2D eigenvalue weighted by atomic mass is 10.1. The second kappa shape index (κ2) is 14.8. The Balaban J connectivity index is 0.00000420. The van der Waals surface area contributed by atoms with Gasteiger partial charge in [0.2, 0.25) is 5.91 Å². The number of aliphatic imine (C=N–C) groups is 1. The molecule has 0 aromatic carbocycles. The predicted octanol–water partition coefficient (Wildman–Crippen LogP) is 3.07. The van der Waals surface area contributed by atoms with Gasteiger partial charge < -0.3 is 20.3 Å². The number of guanidine groups is 1. The number of carbonyl (C=O) groups is 2. The molecule has 1 aliphatic carbocycles. The van der Waals surface area contributed by atoms with E-state index in [1.54, 1.807) is 7.05 Å². The summed E-state index contributed by atoms with van der Waals surface area (Å²) < 4.78 is 4.93. The average molecular weight is 522 g/mol. The molecule has 1 atom stereocenters. The van der Waals surface area contributed by atoms with Crippen molar-refractivity contribution < 1.29 is 14.3 Å². The Labute approximate surface area is 192 Å². The molecule has 2 aliphatic rings. The Kier molecular flexibility index (Phi) is 13.3. The molecule has 29 heavy (non-hydrogen) atoms. The molecule has 1 unspecified atom stereocenters. The highest BCUT2D eigenvalue weighted by molar-refractivity contribution is 14.0. The number of carbonyl (C=O) groups excluding carboxylic acids is 2. The Hall–Kier alpha value is -1.06. The first-order valence-corrected chi connectivity index (χ1v) is 11.1. The number of amides is 1. The Morgan fingerprint density at radius 3 is 2.52 bits per heavy atom. The zero-order valence-corrected chi connectivity index (χ0v) is 20.4. The molecule has 7 nitrogen and oxygen atoms in total. The smallest absolute Gasteiger partial charge is 0.305 e. The van der Waals surface area contributed by atoms with Gasteiger partial charge >= 0.3 is 5.97 Å². The van der Waals surface area contributed by atoms with Crippen LogP contribution < -0.4 is 10.6 Å². The van der Waals surface area contributed by atoms with Gasteiger partial charge in [-0.15, -0.1) is 24.0 Å². The summed E-state index contributed by atoms with van der Waals surface area (Å²) >= 11 is 0. The van der Waals surface area contributed by atoms with Crippen LogP contribution >= 0.6 is 24.0 Å². The molecular weight excluding hydrogens is 483 g/mol. The summed E-state index contributed by atoms with van der Waals surface area (Å²) in [6.07, 6.45) is 10.1. The van der Waals surface area contributed by atoms with E-state index in [9.17, 15) is 9.59 Å². The van der Waals surface area contributed by atoms with Gasteiger partial charge in [0, 0.05) is 45.1 Å². The lowest BCUT2D eigenvalue weighted by molar-refractivity contribution is -0.143. The molecule has 2 N–H and O–H groups in total. The molecule has 1 aliphatic heterocycles. The summed E-state index contributed by atoms with van der Waals surface area (Å²) in [5.41, 5.74) is 0. The summed E-state index contributed by atoms with van der Waals surface area (Å²) in [6, 6.07) is 0.279. The van der Waals surface area contributed by atoms with Crippen molar-refractivity contribution in [1.29, 1.82) is 0 Å². The van der Waals surface area contributed by atoms with E-state index in [-0.39, 0.29) is 41.9 Å². The maximum Gasteiger partial charge on any atom is 0.305 e. The quantitative estimate of drug-likeness (QED) is 0.152. The number of hydrogen-bond donors (Lipinski definition) is 2. The van der Waals surface area contributed by atoms with Gasteiger partial charge in [-0.25, -0.2) is 0 Å².